The van der Waals surface area contributed by atoms with E-state index < -0.39 is 0 Å². The maximum Gasteiger partial charge on any atom is 0.252 e. The SMILES string of the molecule is Cc1cnn(C2CCCN(Cc3cc4ccccc4[nH]c3=O)C2)c1. The lowest BCUT2D eigenvalue weighted by Crippen LogP contribution is -2.37. The van der Waals surface area contributed by atoms with Crippen LogP contribution >= 0.6 is 0 Å². The molecule has 0 amide bonds. The molecule has 1 atom stereocenters. The number of para-hydroxylation sites is 1. The van der Waals surface area contributed by atoms with Crippen molar-refractivity contribution in [2.45, 2.75) is 32.4 Å². The molecule has 1 aliphatic rings. The Bertz CT molecular complexity index is 911. The smallest absolute Gasteiger partial charge is 0.252 e. The fourth-order valence-electron chi connectivity index (χ4n) is 3.57. The van der Waals surface area contributed by atoms with Gasteiger partial charge in [0.2, 0.25) is 0 Å². The van der Waals surface area contributed by atoms with E-state index in [1.54, 1.807) is 0 Å². The standard InChI is InChI=1S/C19H22N4O/c1-14-10-20-23(11-14)17-6-4-8-22(13-17)12-16-9-15-5-2-3-7-18(15)21-19(16)24/h2-3,5,7,9-11,17H,4,6,8,12-13H2,1H3,(H,21,24). The highest BCUT2D eigenvalue weighted by Crippen LogP contribution is 2.22. The average Bonchev–Trinajstić information content (AvgIpc) is 3.02. The molecule has 1 N–H and O–H groups in total. The van der Waals surface area contributed by atoms with Gasteiger partial charge in [-0.05, 0) is 49.4 Å². The molecular formula is C19H22N4O. The second-order valence-corrected chi connectivity index (χ2v) is 6.74. The lowest BCUT2D eigenvalue weighted by molar-refractivity contribution is 0.162. The van der Waals surface area contributed by atoms with Crippen LogP contribution in [0.4, 0.5) is 0 Å². The van der Waals surface area contributed by atoms with Crippen molar-refractivity contribution in [2.24, 2.45) is 0 Å². The molecule has 1 aromatic carbocycles. The van der Waals surface area contributed by atoms with Crippen LogP contribution in [0.15, 0.2) is 47.5 Å². The van der Waals surface area contributed by atoms with Gasteiger partial charge in [-0.25, -0.2) is 0 Å². The number of aromatic amines is 1. The fourth-order valence-corrected chi connectivity index (χ4v) is 3.57. The van der Waals surface area contributed by atoms with Crippen LogP contribution in [0.25, 0.3) is 10.9 Å². The molecule has 3 heterocycles. The zero-order valence-corrected chi connectivity index (χ0v) is 13.9. The molecule has 124 valence electrons. The summed E-state index contributed by atoms with van der Waals surface area (Å²) in [6.07, 6.45) is 6.30. The van der Waals surface area contributed by atoms with Crippen LogP contribution in [-0.2, 0) is 6.54 Å². The highest BCUT2D eigenvalue weighted by Gasteiger charge is 2.22. The predicted octanol–water partition coefficient (Wildman–Crippen LogP) is 2.87. The molecule has 1 unspecified atom stereocenters. The van der Waals surface area contributed by atoms with Gasteiger partial charge in [-0.15, -0.1) is 0 Å². The van der Waals surface area contributed by atoms with Gasteiger partial charge >= 0.3 is 0 Å². The van der Waals surface area contributed by atoms with E-state index in [9.17, 15) is 4.79 Å². The summed E-state index contributed by atoms with van der Waals surface area (Å²) in [7, 11) is 0. The molecule has 0 saturated carbocycles. The van der Waals surface area contributed by atoms with E-state index in [4.69, 9.17) is 0 Å². The monoisotopic (exact) mass is 322 g/mol. The van der Waals surface area contributed by atoms with Crippen LogP contribution in [0.3, 0.4) is 0 Å². The Labute approximate surface area is 140 Å². The Kier molecular flexibility index (Phi) is 3.94. The van der Waals surface area contributed by atoms with Crippen LogP contribution in [0.2, 0.25) is 0 Å². The summed E-state index contributed by atoms with van der Waals surface area (Å²) in [4.78, 5) is 17.7. The summed E-state index contributed by atoms with van der Waals surface area (Å²) in [5.74, 6) is 0. The van der Waals surface area contributed by atoms with Gasteiger partial charge in [0.05, 0.1) is 12.2 Å². The van der Waals surface area contributed by atoms with E-state index in [1.807, 2.05) is 36.5 Å². The van der Waals surface area contributed by atoms with Crippen LogP contribution < -0.4 is 5.56 Å². The second-order valence-electron chi connectivity index (χ2n) is 6.74. The Morgan fingerprint density at radius 2 is 2.21 bits per heavy atom. The first-order valence-electron chi connectivity index (χ1n) is 8.53. The van der Waals surface area contributed by atoms with Crippen LogP contribution in [0.5, 0.6) is 0 Å². The zero-order valence-electron chi connectivity index (χ0n) is 13.9. The molecule has 0 aliphatic carbocycles. The number of likely N-dealkylation sites (tertiary alicyclic amines) is 1. The van der Waals surface area contributed by atoms with Gasteiger partial charge in [0, 0.05) is 30.4 Å². The molecule has 1 fully saturated rings. The van der Waals surface area contributed by atoms with E-state index in [1.165, 1.54) is 5.56 Å². The third-order valence-electron chi connectivity index (χ3n) is 4.81. The van der Waals surface area contributed by atoms with Gasteiger partial charge in [-0.2, -0.15) is 5.10 Å². The van der Waals surface area contributed by atoms with Crippen molar-refractivity contribution in [2.75, 3.05) is 13.1 Å². The summed E-state index contributed by atoms with van der Waals surface area (Å²) < 4.78 is 2.08. The van der Waals surface area contributed by atoms with E-state index >= 15 is 0 Å². The summed E-state index contributed by atoms with van der Waals surface area (Å²) >= 11 is 0. The van der Waals surface area contributed by atoms with Gasteiger partial charge in [-0.3, -0.25) is 14.4 Å². The molecular weight excluding hydrogens is 300 g/mol. The summed E-state index contributed by atoms with van der Waals surface area (Å²) in [5, 5.41) is 5.55. The van der Waals surface area contributed by atoms with Crippen molar-refractivity contribution >= 4 is 10.9 Å². The number of aryl methyl sites for hydroxylation is 1. The Balaban J connectivity index is 1.54. The molecule has 4 rings (SSSR count). The van der Waals surface area contributed by atoms with Crippen molar-refractivity contribution < 1.29 is 0 Å². The quantitative estimate of drug-likeness (QED) is 0.807. The van der Waals surface area contributed by atoms with Crippen LogP contribution in [0.1, 0.15) is 30.0 Å². The normalized spacial score (nSPS) is 19.0. The van der Waals surface area contributed by atoms with Crippen molar-refractivity contribution in [1.29, 1.82) is 0 Å². The number of piperidine rings is 1. The first-order chi connectivity index (χ1) is 11.7. The summed E-state index contributed by atoms with van der Waals surface area (Å²) in [6, 6.07) is 10.3. The van der Waals surface area contributed by atoms with Crippen LogP contribution in [0, 0.1) is 6.92 Å². The molecule has 5 nitrogen and oxygen atoms in total. The minimum atomic E-state index is 0.0192. The topological polar surface area (TPSA) is 53.9 Å². The third-order valence-corrected chi connectivity index (χ3v) is 4.81. The Hall–Kier alpha value is -2.40. The number of fused-ring (bicyclic) bond motifs is 1. The van der Waals surface area contributed by atoms with Gasteiger partial charge in [0.25, 0.3) is 5.56 Å². The number of nitrogens with one attached hydrogen (secondary N) is 1. The highest BCUT2D eigenvalue weighted by atomic mass is 16.1. The van der Waals surface area contributed by atoms with E-state index in [0.29, 0.717) is 12.6 Å². The van der Waals surface area contributed by atoms with Crippen molar-refractivity contribution in [3.63, 3.8) is 0 Å². The van der Waals surface area contributed by atoms with E-state index in [2.05, 4.69) is 32.8 Å². The van der Waals surface area contributed by atoms with Gasteiger partial charge in [0.15, 0.2) is 0 Å². The van der Waals surface area contributed by atoms with Crippen molar-refractivity contribution in [1.82, 2.24) is 19.7 Å². The number of hydrogen-bond acceptors (Lipinski definition) is 3. The minimum absolute atomic E-state index is 0.0192. The number of aromatic nitrogens is 3. The molecule has 5 heteroatoms. The van der Waals surface area contributed by atoms with Crippen molar-refractivity contribution in [3.05, 3.63) is 64.2 Å². The highest BCUT2D eigenvalue weighted by molar-refractivity contribution is 5.78. The zero-order chi connectivity index (χ0) is 16.5. The number of hydrogen-bond donors (Lipinski definition) is 1. The molecule has 0 radical (unpaired) electrons. The number of benzene rings is 1. The average molecular weight is 322 g/mol. The maximum absolute atomic E-state index is 12.4. The number of nitrogens with zero attached hydrogens (tertiary/aromatic N) is 3. The van der Waals surface area contributed by atoms with Gasteiger partial charge < -0.3 is 4.98 Å². The molecule has 0 spiro atoms. The first kappa shape index (κ1) is 15.1. The van der Waals surface area contributed by atoms with E-state index in [0.717, 1.165) is 42.4 Å². The Morgan fingerprint density at radius 3 is 3.04 bits per heavy atom. The van der Waals surface area contributed by atoms with E-state index in [-0.39, 0.29) is 5.56 Å². The molecule has 2 aromatic heterocycles. The largest absolute Gasteiger partial charge is 0.322 e. The van der Waals surface area contributed by atoms with Crippen molar-refractivity contribution in [3.8, 4) is 0 Å². The molecule has 3 aromatic rings. The Morgan fingerprint density at radius 1 is 1.33 bits per heavy atom. The maximum atomic E-state index is 12.4. The lowest BCUT2D eigenvalue weighted by atomic mass is 10.0. The summed E-state index contributed by atoms with van der Waals surface area (Å²) in [5.41, 5.74) is 2.95. The first-order valence-corrected chi connectivity index (χ1v) is 8.53. The number of rotatable bonds is 3. The second kappa shape index (κ2) is 6.24. The number of H-pyrrole nitrogens is 1. The molecule has 1 saturated heterocycles. The third kappa shape index (κ3) is 2.99. The lowest BCUT2D eigenvalue weighted by Gasteiger charge is -2.32. The molecule has 24 heavy (non-hydrogen) atoms. The van der Waals surface area contributed by atoms with Gasteiger partial charge in [0.1, 0.15) is 0 Å². The minimum Gasteiger partial charge on any atom is -0.322 e. The fraction of sp³-hybridized carbons (Fsp3) is 0.368. The summed E-state index contributed by atoms with van der Waals surface area (Å²) in [6.45, 7) is 4.73. The van der Waals surface area contributed by atoms with Crippen LogP contribution in [-0.4, -0.2) is 32.8 Å². The van der Waals surface area contributed by atoms with Gasteiger partial charge in [-0.1, -0.05) is 18.2 Å². The molecule has 1 aliphatic heterocycles. The number of pyridine rings is 1. The molecule has 0 bridgehead atoms. The predicted molar refractivity (Wildman–Crippen MR) is 95.1 cm³/mol.